The van der Waals surface area contributed by atoms with E-state index in [1.54, 1.807) is 26.0 Å². The van der Waals surface area contributed by atoms with Crippen LogP contribution in [-0.4, -0.2) is 5.78 Å². The van der Waals surface area contributed by atoms with E-state index < -0.39 is 0 Å². The first kappa shape index (κ1) is 13.0. The average Bonchev–Trinajstić information content (AvgIpc) is 2.65. The predicted molar refractivity (Wildman–Crippen MR) is 73.1 cm³/mol. The van der Waals surface area contributed by atoms with Crippen molar-refractivity contribution in [1.82, 2.24) is 0 Å². The van der Waals surface area contributed by atoms with Crippen LogP contribution in [0.5, 0.6) is 0 Å². The highest BCUT2D eigenvalue weighted by molar-refractivity contribution is 7.14. The second-order valence-electron chi connectivity index (χ2n) is 4.60. The van der Waals surface area contributed by atoms with Gasteiger partial charge in [0.15, 0.2) is 0 Å². The van der Waals surface area contributed by atoms with Crippen LogP contribution in [-0.2, 0) is 0 Å². The molecule has 1 aromatic heterocycles. The van der Waals surface area contributed by atoms with Crippen molar-refractivity contribution in [3.63, 3.8) is 0 Å². The monoisotopic (exact) mass is 262 g/mol. The third-order valence-corrected chi connectivity index (χ3v) is 4.24. The molecule has 94 valence electrons. The highest BCUT2D eigenvalue weighted by Crippen LogP contribution is 2.25. The summed E-state index contributed by atoms with van der Waals surface area (Å²) in [5.41, 5.74) is 2.72. The molecule has 0 aliphatic heterocycles. The zero-order chi connectivity index (χ0) is 13.4. The van der Waals surface area contributed by atoms with E-state index in [0.717, 1.165) is 15.3 Å². The van der Waals surface area contributed by atoms with Crippen LogP contribution < -0.4 is 0 Å². The van der Waals surface area contributed by atoms with Crippen LogP contribution >= 0.6 is 11.3 Å². The molecule has 0 unspecified atom stereocenters. The van der Waals surface area contributed by atoms with Crippen molar-refractivity contribution in [2.24, 2.45) is 0 Å². The molecule has 2 rings (SSSR count). The van der Waals surface area contributed by atoms with Gasteiger partial charge in [0, 0.05) is 10.4 Å². The van der Waals surface area contributed by atoms with Crippen molar-refractivity contribution in [2.45, 2.75) is 27.7 Å². The summed E-state index contributed by atoms with van der Waals surface area (Å²) < 4.78 is 13.5. The lowest BCUT2D eigenvalue weighted by Gasteiger charge is -2.05. The van der Waals surface area contributed by atoms with Gasteiger partial charge >= 0.3 is 0 Å². The van der Waals surface area contributed by atoms with Gasteiger partial charge in [-0.05, 0) is 62.6 Å². The van der Waals surface area contributed by atoms with E-state index in [4.69, 9.17) is 0 Å². The third kappa shape index (κ3) is 2.23. The lowest BCUT2D eigenvalue weighted by Crippen LogP contribution is -2.01. The van der Waals surface area contributed by atoms with Crippen molar-refractivity contribution in [3.8, 4) is 0 Å². The molecule has 0 saturated heterocycles. The number of carbonyl (C=O) groups excluding carboxylic acids is 1. The van der Waals surface area contributed by atoms with Crippen molar-refractivity contribution in [1.29, 1.82) is 0 Å². The molecule has 3 heteroatoms. The van der Waals surface area contributed by atoms with Gasteiger partial charge in [-0.2, -0.15) is 0 Å². The summed E-state index contributed by atoms with van der Waals surface area (Å²) in [7, 11) is 0. The molecule has 2 aromatic rings. The third-order valence-electron chi connectivity index (χ3n) is 3.09. The standard InChI is InChI=1S/C15H15FOS/c1-8-7-13(18-11(8)4)15(17)12-5-9(2)14(16)10(3)6-12/h5-7H,1-4H3. The van der Waals surface area contributed by atoms with Crippen LogP contribution in [0.1, 0.15) is 36.8 Å². The maximum atomic E-state index is 13.5. The number of halogens is 1. The van der Waals surface area contributed by atoms with Crippen molar-refractivity contribution in [2.75, 3.05) is 0 Å². The Labute approximate surface area is 110 Å². The summed E-state index contributed by atoms with van der Waals surface area (Å²) in [5, 5.41) is 0. The molecule has 0 radical (unpaired) electrons. The normalized spacial score (nSPS) is 10.7. The van der Waals surface area contributed by atoms with E-state index in [0.29, 0.717) is 16.7 Å². The summed E-state index contributed by atoms with van der Waals surface area (Å²) in [5.74, 6) is -0.257. The topological polar surface area (TPSA) is 17.1 Å². The Bertz CT molecular complexity index is 583. The highest BCUT2D eigenvalue weighted by Gasteiger charge is 2.15. The molecular weight excluding hydrogens is 247 g/mol. The molecule has 0 atom stereocenters. The molecule has 0 N–H and O–H groups in total. The number of ketones is 1. The number of rotatable bonds is 2. The van der Waals surface area contributed by atoms with Gasteiger partial charge in [0.2, 0.25) is 5.78 Å². The van der Waals surface area contributed by atoms with Crippen LogP contribution in [0, 0.1) is 33.5 Å². The number of hydrogen-bond donors (Lipinski definition) is 0. The number of aryl methyl sites for hydroxylation is 4. The molecular formula is C15H15FOS. The maximum Gasteiger partial charge on any atom is 0.202 e. The van der Waals surface area contributed by atoms with Crippen LogP contribution in [0.2, 0.25) is 0 Å². The first-order chi connectivity index (χ1) is 8.40. The Balaban J connectivity index is 2.46. The molecule has 0 aliphatic carbocycles. The van der Waals surface area contributed by atoms with Gasteiger partial charge in [0.1, 0.15) is 5.82 Å². The number of carbonyl (C=O) groups is 1. The van der Waals surface area contributed by atoms with Crippen molar-refractivity contribution in [3.05, 3.63) is 56.0 Å². The molecule has 0 spiro atoms. The maximum absolute atomic E-state index is 13.5. The van der Waals surface area contributed by atoms with Gasteiger partial charge in [0.25, 0.3) is 0 Å². The number of hydrogen-bond acceptors (Lipinski definition) is 2. The first-order valence-corrected chi connectivity index (χ1v) is 6.60. The van der Waals surface area contributed by atoms with Gasteiger partial charge in [-0.15, -0.1) is 11.3 Å². The number of benzene rings is 1. The molecule has 1 aromatic carbocycles. The van der Waals surface area contributed by atoms with E-state index in [1.807, 2.05) is 19.9 Å². The van der Waals surface area contributed by atoms with E-state index in [-0.39, 0.29) is 11.6 Å². The summed E-state index contributed by atoms with van der Waals surface area (Å²) in [4.78, 5) is 14.2. The van der Waals surface area contributed by atoms with E-state index in [1.165, 1.54) is 11.3 Å². The minimum atomic E-state index is -0.231. The van der Waals surface area contributed by atoms with Crippen LogP contribution in [0.3, 0.4) is 0 Å². The molecule has 0 aliphatic rings. The fourth-order valence-electron chi connectivity index (χ4n) is 1.90. The molecule has 1 heterocycles. The molecule has 0 fully saturated rings. The number of thiophene rings is 1. The van der Waals surface area contributed by atoms with E-state index in [2.05, 4.69) is 0 Å². The second kappa shape index (κ2) is 4.65. The fraction of sp³-hybridized carbons (Fsp3) is 0.267. The van der Waals surface area contributed by atoms with Gasteiger partial charge in [-0.25, -0.2) is 4.39 Å². The molecule has 0 saturated carbocycles. The largest absolute Gasteiger partial charge is 0.288 e. The Morgan fingerprint density at radius 1 is 1.00 bits per heavy atom. The summed E-state index contributed by atoms with van der Waals surface area (Å²) in [6.45, 7) is 7.36. The van der Waals surface area contributed by atoms with Gasteiger partial charge in [-0.3, -0.25) is 4.79 Å². The smallest absolute Gasteiger partial charge is 0.202 e. The van der Waals surface area contributed by atoms with Gasteiger partial charge in [0.05, 0.1) is 4.88 Å². The molecule has 1 nitrogen and oxygen atoms in total. The van der Waals surface area contributed by atoms with Crippen molar-refractivity contribution < 1.29 is 9.18 Å². The lowest BCUT2D eigenvalue weighted by atomic mass is 10.0. The zero-order valence-electron chi connectivity index (χ0n) is 10.9. The van der Waals surface area contributed by atoms with Gasteiger partial charge < -0.3 is 0 Å². The van der Waals surface area contributed by atoms with E-state index in [9.17, 15) is 9.18 Å². The minimum Gasteiger partial charge on any atom is -0.288 e. The predicted octanol–water partition coefficient (Wildman–Crippen LogP) is 4.35. The highest BCUT2D eigenvalue weighted by atomic mass is 32.1. The van der Waals surface area contributed by atoms with Gasteiger partial charge in [-0.1, -0.05) is 0 Å². The summed E-state index contributed by atoms with van der Waals surface area (Å²) >= 11 is 1.49. The second-order valence-corrected chi connectivity index (χ2v) is 5.86. The SMILES string of the molecule is Cc1cc(C(=O)c2cc(C)c(F)c(C)c2)sc1C. The Hall–Kier alpha value is -1.48. The molecule has 18 heavy (non-hydrogen) atoms. The first-order valence-electron chi connectivity index (χ1n) is 5.78. The zero-order valence-corrected chi connectivity index (χ0v) is 11.7. The minimum absolute atomic E-state index is 0.0256. The Morgan fingerprint density at radius 2 is 1.56 bits per heavy atom. The van der Waals surface area contributed by atoms with E-state index >= 15 is 0 Å². The molecule has 0 bridgehead atoms. The Morgan fingerprint density at radius 3 is 2.00 bits per heavy atom. The fourth-order valence-corrected chi connectivity index (χ4v) is 2.90. The van der Waals surface area contributed by atoms with Crippen LogP contribution in [0.15, 0.2) is 18.2 Å². The molecule has 0 amide bonds. The lowest BCUT2D eigenvalue weighted by molar-refractivity contribution is 0.104. The van der Waals surface area contributed by atoms with Crippen LogP contribution in [0.4, 0.5) is 4.39 Å². The summed E-state index contributed by atoms with van der Waals surface area (Å²) in [6.07, 6.45) is 0. The average molecular weight is 262 g/mol. The Kier molecular flexibility index (Phi) is 3.35. The summed E-state index contributed by atoms with van der Waals surface area (Å²) in [6, 6.07) is 5.14. The van der Waals surface area contributed by atoms with Crippen molar-refractivity contribution >= 4 is 17.1 Å². The quantitative estimate of drug-likeness (QED) is 0.735. The van der Waals surface area contributed by atoms with Crippen LogP contribution in [0.25, 0.3) is 0 Å².